The smallest absolute Gasteiger partial charge is 0.251 e. The predicted molar refractivity (Wildman–Crippen MR) is 117 cm³/mol. The van der Waals surface area contributed by atoms with Crippen LogP contribution in [0.5, 0.6) is 0 Å². The number of hydrogen-bond donors (Lipinski definition) is 1. The van der Waals surface area contributed by atoms with Crippen molar-refractivity contribution in [1.29, 1.82) is 0 Å². The van der Waals surface area contributed by atoms with Crippen LogP contribution in [0.15, 0.2) is 35.6 Å². The maximum Gasteiger partial charge on any atom is 0.251 e. The van der Waals surface area contributed by atoms with E-state index in [1.807, 2.05) is 6.20 Å². The van der Waals surface area contributed by atoms with E-state index in [2.05, 4.69) is 22.2 Å². The first-order chi connectivity index (χ1) is 14.7. The van der Waals surface area contributed by atoms with Crippen molar-refractivity contribution < 1.29 is 9.18 Å². The number of nitrogens with zero attached hydrogens (tertiary/aromatic N) is 5. The van der Waals surface area contributed by atoms with E-state index in [4.69, 9.17) is 9.97 Å². The lowest BCUT2D eigenvalue weighted by atomic mass is 10.1. The zero-order valence-electron chi connectivity index (χ0n) is 17.0. The molecule has 9 heteroatoms. The van der Waals surface area contributed by atoms with Gasteiger partial charge in [0.25, 0.3) is 5.91 Å². The van der Waals surface area contributed by atoms with Crippen LogP contribution < -0.4 is 10.2 Å². The number of carbonyl (C=O) groups excluding carboxylic acids is 1. The van der Waals surface area contributed by atoms with Crippen LogP contribution in [0.3, 0.4) is 0 Å². The monoisotopic (exact) mass is 428 g/mol. The summed E-state index contributed by atoms with van der Waals surface area (Å²) in [5.41, 5.74) is 1.08. The summed E-state index contributed by atoms with van der Waals surface area (Å²) < 4.78 is 15.1. The Morgan fingerprint density at radius 1 is 1.23 bits per heavy atom. The molecular weight excluding hydrogens is 403 g/mol. The van der Waals surface area contributed by atoms with Crippen molar-refractivity contribution in [2.75, 3.05) is 30.3 Å². The van der Waals surface area contributed by atoms with Gasteiger partial charge in [-0.3, -0.25) is 4.79 Å². The van der Waals surface area contributed by atoms with Crippen LogP contribution in [-0.2, 0) is 6.54 Å². The molecule has 0 unspecified atom stereocenters. The Kier molecular flexibility index (Phi) is 6.47. The topological polar surface area (TPSA) is 75.9 Å². The van der Waals surface area contributed by atoms with E-state index in [-0.39, 0.29) is 5.91 Å². The van der Waals surface area contributed by atoms with Gasteiger partial charge in [-0.05, 0) is 43.2 Å². The van der Waals surface area contributed by atoms with Crippen LogP contribution in [-0.4, -0.2) is 51.0 Å². The Balaban J connectivity index is 1.52. The summed E-state index contributed by atoms with van der Waals surface area (Å²) in [5.74, 6) is 1.11. The summed E-state index contributed by atoms with van der Waals surface area (Å²) in [5, 5.41) is 9.01. The average molecular weight is 429 g/mol. The molecule has 2 aromatic heterocycles. The standard InChI is InChI=1S/C21H25FN6OS/c1-2-30-21-25-18(27-10-4-3-5-11-27)17-14-24-28(19(17)26-21)12-9-23-20(29)15-7-6-8-16(22)13-15/h6-8,13-14H,2-5,9-12H2,1H3,(H,23,29). The molecule has 0 bridgehead atoms. The first kappa shape index (κ1) is 20.6. The summed E-state index contributed by atoms with van der Waals surface area (Å²) in [6.07, 6.45) is 5.41. The molecule has 0 radical (unpaired) electrons. The first-order valence-electron chi connectivity index (χ1n) is 10.3. The quantitative estimate of drug-likeness (QED) is 0.459. The number of hydrogen-bond acceptors (Lipinski definition) is 6. The summed E-state index contributed by atoms with van der Waals surface area (Å²) in [7, 11) is 0. The minimum absolute atomic E-state index is 0.302. The van der Waals surface area contributed by atoms with Crippen molar-refractivity contribution in [3.8, 4) is 0 Å². The molecule has 7 nitrogen and oxygen atoms in total. The third-order valence-electron chi connectivity index (χ3n) is 5.08. The van der Waals surface area contributed by atoms with E-state index in [1.54, 1.807) is 22.5 Å². The number of fused-ring (bicyclic) bond motifs is 1. The Morgan fingerprint density at radius 3 is 2.83 bits per heavy atom. The molecule has 0 spiro atoms. The summed E-state index contributed by atoms with van der Waals surface area (Å²) >= 11 is 1.61. The van der Waals surface area contributed by atoms with E-state index in [0.29, 0.717) is 18.7 Å². The van der Waals surface area contributed by atoms with Gasteiger partial charge in [-0.15, -0.1) is 0 Å². The Labute approximate surface area is 179 Å². The zero-order valence-corrected chi connectivity index (χ0v) is 17.8. The summed E-state index contributed by atoms with van der Waals surface area (Å²) in [6, 6.07) is 5.66. The van der Waals surface area contributed by atoms with Gasteiger partial charge in [0.1, 0.15) is 11.6 Å². The highest BCUT2D eigenvalue weighted by Crippen LogP contribution is 2.29. The van der Waals surface area contributed by atoms with Gasteiger partial charge < -0.3 is 10.2 Å². The van der Waals surface area contributed by atoms with Gasteiger partial charge in [-0.2, -0.15) is 5.10 Å². The minimum atomic E-state index is -0.427. The number of amides is 1. The fourth-order valence-corrected chi connectivity index (χ4v) is 4.19. The van der Waals surface area contributed by atoms with Crippen molar-refractivity contribution >= 4 is 34.5 Å². The molecule has 30 heavy (non-hydrogen) atoms. The van der Waals surface area contributed by atoms with E-state index < -0.39 is 5.82 Å². The molecule has 1 N–H and O–H groups in total. The van der Waals surface area contributed by atoms with Gasteiger partial charge in [0.2, 0.25) is 0 Å². The van der Waals surface area contributed by atoms with Crippen molar-refractivity contribution in [2.45, 2.75) is 37.9 Å². The fourth-order valence-electron chi connectivity index (χ4n) is 3.63. The maximum absolute atomic E-state index is 13.3. The third-order valence-corrected chi connectivity index (χ3v) is 5.81. The molecule has 1 amide bonds. The molecule has 3 heterocycles. The zero-order chi connectivity index (χ0) is 20.9. The summed E-state index contributed by atoms with van der Waals surface area (Å²) in [6.45, 7) is 4.91. The highest BCUT2D eigenvalue weighted by Gasteiger charge is 2.20. The molecule has 1 aliphatic rings. The van der Waals surface area contributed by atoms with Crippen LogP contribution in [0.25, 0.3) is 11.0 Å². The van der Waals surface area contributed by atoms with Gasteiger partial charge in [-0.1, -0.05) is 24.8 Å². The van der Waals surface area contributed by atoms with Crippen molar-refractivity contribution in [3.05, 3.63) is 41.8 Å². The molecule has 1 fully saturated rings. The number of aromatic nitrogens is 4. The highest BCUT2D eigenvalue weighted by atomic mass is 32.2. The van der Waals surface area contributed by atoms with E-state index in [9.17, 15) is 9.18 Å². The number of rotatable bonds is 7. The number of piperidine rings is 1. The third kappa shape index (κ3) is 4.56. The molecule has 4 rings (SSSR count). The molecule has 0 saturated carbocycles. The van der Waals surface area contributed by atoms with E-state index in [0.717, 1.165) is 40.9 Å². The van der Waals surface area contributed by atoms with Crippen LogP contribution in [0.1, 0.15) is 36.5 Å². The van der Waals surface area contributed by atoms with Gasteiger partial charge in [-0.25, -0.2) is 19.0 Å². The van der Waals surface area contributed by atoms with Crippen LogP contribution in [0.4, 0.5) is 10.2 Å². The maximum atomic E-state index is 13.3. The molecule has 0 atom stereocenters. The van der Waals surface area contributed by atoms with Crippen LogP contribution in [0, 0.1) is 5.82 Å². The normalized spacial score (nSPS) is 14.3. The van der Waals surface area contributed by atoms with Gasteiger partial charge in [0.15, 0.2) is 10.8 Å². The Morgan fingerprint density at radius 2 is 2.07 bits per heavy atom. The number of carbonyl (C=O) groups is 1. The molecule has 1 aliphatic heterocycles. The largest absolute Gasteiger partial charge is 0.356 e. The second-order valence-corrected chi connectivity index (χ2v) is 8.41. The Hall–Kier alpha value is -2.68. The Bertz CT molecular complexity index is 1030. The van der Waals surface area contributed by atoms with Crippen LogP contribution >= 0.6 is 11.8 Å². The minimum Gasteiger partial charge on any atom is -0.356 e. The second-order valence-electron chi connectivity index (χ2n) is 7.18. The molecular formula is C21H25FN6OS. The molecule has 1 aromatic carbocycles. The first-order valence-corrected chi connectivity index (χ1v) is 11.3. The fraction of sp³-hybridized carbons (Fsp3) is 0.429. The van der Waals surface area contributed by atoms with Crippen molar-refractivity contribution in [2.24, 2.45) is 0 Å². The van der Waals surface area contributed by atoms with Crippen LogP contribution in [0.2, 0.25) is 0 Å². The molecule has 3 aromatic rings. The lowest BCUT2D eigenvalue weighted by Gasteiger charge is -2.28. The van der Waals surface area contributed by atoms with Crippen molar-refractivity contribution in [3.63, 3.8) is 0 Å². The molecule has 1 saturated heterocycles. The molecule has 158 valence electrons. The van der Waals surface area contributed by atoms with Gasteiger partial charge in [0.05, 0.1) is 18.1 Å². The second kappa shape index (κ2) is 9.42. The number of anilines is 1. The van der Waals surface area contributed by atoms with Gasteiger partial charge >= 0.3 is 0 Å². The average Bonchev–Trinajstić information content (AvgIpc) is 3.17. The lowest BCUT2D eigenvalue weighted by Crippen LogP contribution is -2.30. The highest BCUT2D eigenvalue weighted by molar-refractivity contribution is 7.99. The van der Waals surface area contributed by atoms with Crippen molar-refractivity contribution in [1.82, 2.24) is 25.1 Å². The summed E-state index contributed by atoms with van der Waals surface area (Å²) in [4.78, 5) is 24.1. The lowest BCUT2D eigenvalue weighted by molar-refractivity contribution is 0.0951. The number of benzene rings is 1. The molecule has 0 aliphatic carbocycles. The van der Waals surface area contributed by atoms with Gasteiger partial charge in [0, 0.05) is 25.2 Å². The number of nitrogens with one attached hydrogen (secondary N) is 1. The van der Waals surface area contributed by atoms with E-state index >= 15 is 0 Å². The predicted octanol–water partition coefficient (Wildman–Crippen LogP) is 3.50. The SMILES string of the molecule is CCSc1nc(N2CCCCC2)c2cnn(CCNC(=O)c3cccc(F)c3)c2n1. The van der Waals surface area contributed by atoms with E-state index in [1.165, 1.54) is 37.5 Å². The number of halogens is 1. The number of thioether (sulfide) groups is 1.